The average Bonchev–Trinajstić information content (AvgIpc) is 3.20. The molecule has 4 rings (SSSR count). The van der Waals surface area contributed by atoms with Crippen LogP contribution in [0.4, 0.5) is 10.1 Å². The molecule has 11 heteroatoms. The van der Waals surface area contributed by atoms with Crippen LogP contribution < -0.4 is 15.6 Å². The Morgan fingerprint density at radius 2 is 1.94 bits per heavy atom. The molecular formula is C22H21FN6O3S. The predicted molar refractivity (Wildman–Crippen MR) is 124 cm³/mol. The first-order valence-corrected chi connectivity index (χ1v) is 11.3. The fraction of sp³-hybridized carbons (Fsp3) is 0.227. The van der Waals surface area contributed by atoms with Gasteiger partial charge in [0.1, 0.15) is 17.4 Å². The van der Waals surface area contributed by atoms with Crippen molar-refractivity contribution in [3.05, 3.63) is 76.1 Å². The summed E-state index contributed by atoms with van der Waals surface area (Å²) in [6.07, 6.45) is 0. The van der Waals surface area contributed by atoms with Crippen molar-refractivity contribution >= 4 is 34.5 Å². The topological polar surface area (TPSA) is 115 Å². The van der Waals surface area contributed by atoms with E-state index in [2.05, 4.69) is 25.6 Å². The van der Waals surface area contributed by atoms with E-state index in [1.807, 2.05) is 6.92 Å². The highest BCUT2D eigenvalue weighted by atomic mass is 32.2. The number of aromatic amines is 1. The number of H-pyrrole nitrogens is 1. The molecule has 0 radical (unpaired) electrons. The van der Waals surface area contributed by atoms with Crippen LogP contribution in [0.25, 0.3) is 11.2 Å². The van der Waals surface area contributed by atoms with Gasteiger partial charge in [-0.05, 0) is 48.9 Å². The van der Waals surface area contributed by atoms with Crippen molar-refractivity contribution in [3.8, 4) is 5.75 Å². The third-order valence-corrected chi connectivity index (χ3v) is 5.53. The molecule has 2 aromatic heterocycles. The van der Waals surface area contributed by atoms with Crippen molar-refractivity contribution in [2.45, 2.75) is 19.2 Å². The zero-order chi connectivity index (χ0) is 23.2. The summed E-state index contributed by atoms with van der Waals surface area (Å²) in [7, 11) is 0. The SMILES string of the molecule is CCOc1ccc(NC(=O)CSCc2nc3c(nnn3Cc3ccc(F)cc3)c(=O)[nH]2)cc1. The van der Waals surface area contributed by atoms with E-state index >= 15 is 0 Å². The summed E-state index contributed by atoms with van der Waals surface area (Å²) in [5, 5.41) is 10.7. The molecule has 0 aliphatic rings. The minimum atomic E-state index is -0.403. The maximum absolute atomic E-state index is 13.1. The number of thioether (sulfide) groups is 1. The van der Waals surface area contributed by atoms with Crippen LogP contribution in [-0.2, 0) is 17.1 Å². The molecule has 2 N–H and O–H groups in total. The number of aromatic nitrogens is 5. The largest absolute Gasteiger partial charge is 0.494 e. The second-order valence-corrected chi connectivity index (χ2v) is 8.04. The van der Waals surface area contributed by atoms with Gasteiger partial charge in [-0.25, -0.2) is 14.1 Å². The molecule has 2 heterocycles. The van der Waals surface area contributed by atoms with Crippen LogP contribution in [-0.4, -0.2) is 43.2 Å². The highest BCUT2D eigenvalue weighted by Crippen LogP contribution is 2.17. The number of benzene rings is 2. The van der Waals surface area contributed by atoms with E-state index < -0.39 is 5.56 Å². The lowest BCUT2D eigenvalue weighted by atomic mass is 10.2. The second-order valence-electron chi connectivity index (χ2n) is 7.06. The summed E-state index contributed by atoms with van der Waals surface area (Å²) in [5.41, 5.74) is 1.52. The van der Waals surface area contributed by atoms with Gasteiger partial charge in [0.25, 0.3) is 5.56 Å². The number of amides is 1. The minimum Gasteiger partial charge on any atom is -0.494 e. The van der Waals surface area contributed by atoms with Gasteiger partial charge >= 0.3 is 0 Å². The van der Waals surface area contributed by atoms with Gasteiger partial charge in [-0.3, -0.25) is 9.59 Å². The Labute approximate surface area is 192 Å². The Morgan fingerprint density at radius 1 is 1.18 bits per heavy atom. The maximum Gasteiger partial charge on any atom is 0.281 e. The highest BCUT2D eigenvalue weighted by Gasteiger charge is 2.13. The molecule has 0 aliphatic heterocycles. The Balaban J connectivity index is 1.37. The monoisotopic (exact) mass is 468 g/mol. The van der Waals surface area contributed by atoms with Crippen molar-refractivity contribution in [1.29, 1.82) is 0 Å². The van der Waals surface area contributed by atoms with Crippen molar-refractivity contribution in [2.75, 3.05) is 17.7 Å². The van der Waals surface area contributed by atoms with Crippen LogP contribution in [0, 0.1) is 5.82 Å². The van der Waals surface area contributed by atoms with Crippen LogP contribution in [0.3, 0.4) is 0 Å². The van der Waals surface area contributed by atoms with Gasteiger partial charge < -0.3 is 15.0 Å². The van der Waals surface area contributed by atoms with Gasteiger partial charge in [-0.2, -0.15) is 0 Å². The zero-order valence-corrected chi connectivity index (χ0v) is 18.6. The fourth-order valence-corrected chi connectivity index (χ4v) is 3.78. The first-order chi connectivity index (χ1) is 16.0. The molecule has 33 heavy (non-hydrogen) atoms. The number of rotatable bonds is 9. The van der Waals surface area contributed by atoms with Gasteiger partial charge in [0, 0.05) is 5.69 Å². The maximum atomic E-state index is 13.1. The van der Waals surface area contributed by atoms with E-state index in [0.717, 1.165) is 11.3 Å². The summed E-state index contributed by atoms with van der Waals surface area (Å²) in [6.45, 7) is 2.78. The number of nitrogens with zero attached hydrogens (tertiary/aromatic N) is 4. The zero-order valence-electron chi connectivity index (χ0n) is 17.7. The van der Waals surface area contributed by atoms with Crippen LogP contribution in [0.5, 0.6) is 5.75 Å². The summed E-state index contributed by atoms with van der Waals surface area (Å²) < 4.78 is 20.0. The number of hydrogen-bond acceptors (Lipinski definition) is 7. The lowest BCUT2D eigenvalue weighted by Crippen LogP contribution is -2.16. The molecular weight excluding hydrogens is 447 g/mol. The lowest BCUT2D eigenvalue weighted by Gasteiger charge is -2.07. The quantitative estimate of drug-likeness (QED) is 0.388. The molecule has 0 unspecified atom stereocenters. The number of carbonyl (C=O) groups is 1. The minimum absolute atomic E-state index is 0.124. The van der Waals surface area contributed by atoms with E-state index in [1.165, 1.54) is 28.6 Å². The predicted octanol–water partition coefficient (Wildman–Crippen LogP) is 2.97. The molecule has 2 aromatic carbocycles. The molecule has 4 aromatic rings. The number of nitrogens with one attached hydrogen (secondary N) is 2. The fourth-order valence-electron chi connectivity index (χ4n) is 3.09. The first kappa shape index (κ1) is 22.5. The van der Waals surface area contributed by atoms with Crippen molar-refractivity contribution < 1.29 is 13.9 Å². The number of fused-ring (bicyclic) bond motifs is 1. The summed E-state index contributed by atoms with van der Waals surface area (Å²) in [4.78, 5) is 31.7. The number of ether oxygens (including phenoxy) is 1. The number of anilines is 1. The molecule has 0 spiro atoms. The average molecular weight is 469 g/mol. The normalized spacial score (nSPS) is 11.0. The Bertz CT molecular complexity index is 1300. The third kappa shape index (κ3) is 5.75. The van der Waals surface area contributed by atoms with Crippen molar-refractivity contribution in [3.63, 3.8) is 0 Å². The van der Waals surface area contributed by atoms with Gasteiger partial charge in [0.2, 0.25) is 5.91 Å². The summed E-state index contributed by atoms with van der Waals surface area (Å²) >= 11 is 1.32. The molecule has 1 amide bonds. The highest BCUT2D eigenvalue weighted by molar-refractivity contribution is 7.99. The molecule has 9 nitrogen and oxygen atoms in total. The number of carbonyl (C=O) groups excluding carboxylic acids is 1. The van der Waals surface area contributed by atoms with Gasteiger partial charge in [-0.15, -0.1) is 16.9 Å². The molecule has 0 bridgehead atoms. The van der Waals surface area contributed by atoms with E-state index in [0.29, 0.717) is 36.1 Å². The van der Waals surface area contributed by atoms with Crippen molar-refractivity contribution in [1.82, 2.24) is 25.0 Å². The number of halogens is 1. The molecule has 0 saturated carbocycles. The summed E-state index contributed by atoms with van der Waals surface area (Å²) in [6, 6.07) is 13.1. The van der Waals surface area contributed by atoms with E-state index in [-0.39, 0.29) is 23.0 Å². The van der Waals surface area contributed by atoms with Gasteiger partial charge in [0.05, 0.1) is 24.7 Å². The molecule has 0 atom stereocenters. The van der Waals surface area contributed by atoms with Crippen LogP contribution >= 0.6 is 11.8 Å². The standard InChI is InChI=1S/C22H21FN6O3S/c1-2-32-17-9-7-16(8-10-17)24-19(30)13-33-12-18-25-21-20(22(31)26-18)27-28-29(21)11-14-3-5-15(23)6-4-14/h3-10H,2,11-13H2,1H3,(H,24,30)(H,25,26,31). The van der Waals surface area contributed by atoms with Crippen LogP contribution in [0.15, 0.2) is 53.3 Å². The van der Waals surface area contributed by atoms with E-state index in [1.54, 1.807) is 36.4 Å². The van der Waals surface area contributed by atoms with Crippen molar-refractivity contribution in [2.24, 2.45) is 0 Å². The Kier molecular flexibility index (Phi) is 6.98. The summed E-state index contributed by atoms with van der Waals surface area (Å²) in [5.74, 6) is 1.15. The van der Waals surface area contributed by atoms with Crippen LogP contribution in [0.2, 0.25) is 0 Å². The lowest BCUT2D eigenvalue weighted by molar-refractivity contribution is -0.113. The van der Waals surface area contributed by atoms with Gasteiger partial charge in [-0.1, -0.05) is 17.3 Å². The van der Waals surface area contributed by atoms with Gasteiger partial charge in [0.15, 0.2) is 11.2 Å². The smallest absolute Gasteiger partial charge is 0.281 e. The Morgan fingerprint density at radius 3 is 2.67 bits per heavy atom. The Hall–Kier alpha value is -3.73. The van der Waals surface area contributed by atoms with Crippen LogP contribution in [0.1, 0.15) is 18.3 Å². The van der Waals surface area contributed by atoms with E-state index in [9.17, 15) is 14.0 Å². The third-order valence-electron chi connectivity index (χ3n) is 4.59. The molecule has 0 fully saturated rings. The second kappa shape index (κ2) is 10.3. The molecule has 0 saturated heterocycles. The van der Waals surface area contributed by atoms with E-state index in [4.69, 9.17) is 4.74 Å². The number of hydrogen-bond donors (Lipinski definition) is 2. The molecule has 0 aliphatic carbocycles. The first-order valence-electron chi connectivity index (χ1n) is 10.2. The molecule has 170 valence electrons.